The average Bonchev–Trinajstić information content (AvgIpc) is 3.10. The summed E-state index contributed by atoms with van der Waals surface area (Å²) in [6.07, 6.45) is 2.27. The molecule has 1 atom stereocenters. The topological polar surface area (TPSA) is 94.2 Å². The number of likely N-dealkylation sites (N-methyl/N-ethyl adjacent to an activating group) is 1. The first-order valence-corrected chi connectivity index (χ1v) is 10.6. The van der Waals surface area contributed by atoms with Gasteiger partial charge in [0.1, 0.15) is 5.75 Å². The van der Waals surface area contributed by atoms with E-state index in [-0.39, 0.29) is 16.3 Å². The van der Waals surface area contributed by atoms with Gasteiger partial charge in [-0.2, -0.15) is 0 Å². The number of likely N-dealkylation sites (tertiary alicyclic amines) is 1. The maximum atomic E-state index is 12.3. The van der Waals surface area contributed by atoms with E-state index in [9.17, 15) is 8.42 Å². The van der Waals surface area contributed by atoms with Crippen LogP contribution in [0.5, 0.6) is 5.75 Å². The summed E-state index contributed by atoms with van der Waals surface area (Å²) in [6.45, 7) is 6.41. The van der Waals surface area contributed by atoms with Crippen molar-refractivity contribution in [3.8, 4) is 5.75 Å². The Kier molecular flexibility index (Phi) is 6.88. The molecule has 146 valence electrons. The van der Waals surface area contributed by atoms with Gasteiger partial charge in [-0.15, -0.1) is 0 Å². The van der Waals surface area contributed by atoms with Crippen molar-refractivity contribution in [3.63, 3.8) is 0 Å². The minimum absolute atomic E-state index is 0.0318. The molecule has 0 bridgehead atoms. The molecule has 0 saturated carbocycles. The zero-order valence-electron chi connectivity index (χ0n) is 16.0. The molecule has 7 nitrogen and oxygen atoms in total. The number of methoxy groups -OCH3 is 2. The Morgan fingerprint density at radius 3 is 2.65 bits per heavy atom. The number of ether oxygens (including phenoxy) is 2. The van der Waals surface area contributed by atoms with Crippen molar-refractivity contribution in [2.24, 2.45) is 4.99 Å². The predicted molar refractivity (Wildman–Crippen MR) is 104 cm³/mol. The summed E-state index contributed by atoms with van der Waals surface area (Å²) >= 11 is 0. The van der Waals surface area contributed by atoms with Crippen LogP contribution in [0.15, 0.2) is 22.0 Å². The molecule has 2 rings (SSSR count). The van der Waals surface area contributed by atoms with Gasteiger partial charge in [-0.1, -0.05) is 13.8 Å². The quantitative estimate of drug-likeness (QED) is 0.439. The van der Waals surface area contributed by atoms with E-state index < -0.39 is 9.84 Å². The van der Waals surface area contributed by atoms with Gasteiger partial charge in [-0.05, 0) is 32.0 Å². The molecule has 1 aliphatic heterocycles. The second kappa shape index (κ2) is 8.73. The van der Waals surface area contributed by atoms with E-state index in [0.717, 1.165) is 19.5 Å². The van der Waals surface area contributed by atoms with Crippen LogP contribution >= 0.6 is 0 Å². The Labute approximate surface area is 156 Å². The van der Waals surface area contributed by atoms with Crippen LogP contribution in [0.25, 0.3) is 0 Å². The van der Waals surface area contributed by atoms with Crippen molar-refractivity contribution in [2.45, 2.75) is 37.6 Å². The molecule has 8 heteroatoms. The highest BCUT2D eigenvalue weighted by molar-refractivity contribution is 7.91. The first-order valence-electron chi connectivity index (χ1n) is 8.91. The summed E-state index contributed by atoms with van der Waals surface area (Å²) in [5.41, 5.74) is 6.59. The third-order valence-electron chi connectivity index (χ3n) is 4.82. The minimum atomic E-state index is -3.46. The molecule has 0 spiro atoms. The van der Waals surface area contributed by atoms with Gasteiger partial charge in [0.25, 0.3) is 0 Å². The number of hydrogen-bond acceptors (Lipinski definition) is 7. The van der Waals surface area contributed by atoms with E-state index in [1.807, 2.05) is 0 Å². The number of anilines is 1. The molecule has 1 aromatic rings. The van der Waals surface area contributed by atoms with Crippen molar-refractivity contribution < 1.29 is 17.9 Å². The summed E-state index contributed by atoms with van der Waals surface area (Å²) in [6, 6.07) is 3.39. The van der Waals surface area contributed by atoms with Crippen LogP contribution in [0.2, 0.25) is 0 Å². The number of nitrogens with zero attached hydrogens (tertiary/aromatic N) is 2. The number of nitrogen functional groups attached to an aromatic ring is 1. The van der Waals surface area contributed by atoms with Crippen molar-refractivity contribution >= 4 is 21.4 Å². The van der Waals surface area contributed by atoms with Gasteiger partial charge in [0.2, 0.25) is 5.90 Å². The molecule has 1 fully saturated rings. The second-order valence-corrected chi connectivity index (χ2v) is 8.52. The zero-order chi connectivity index (χ0) is 19.3. The fraction of sp³-hybridized carbons (Fsp3) is 0.611. The van der Waals surface area contributed by atoms with Gasteiger partial charge in [-0.25, -0.2) is 13.4 Å². The van der Waals surface area contributed by atoms with Crippen molar-refractivity contribution in [3.05, 3.63) is 17.7 Å². The van der Waals surface area contributed by atoms with E-state index in [1.54, 1.807) is 6.92 Å². The van der Waals surface area contributed by atoms with Gasteiger partial charge in [0.05, 0.1) is 42.7 Å². The molecule has 0 amide bonds. The first kappa shape index (κ1) is 20.5. The summed E-state index contributed by atoms with van der Waals surface area (Å²) in [5, 5.41) is 0. The molecule has 1 unspecified atom stereocenters. The lowest BCUT2D eigenvalue weighted by atomic mass is 10.1. The van der Waals surface area contributed by atoms with Crippen LogP contribution in [0.1, 0.15) is 32.3 Å². The maximum Gasteiger partial charge on any atom is 0.219 e. The Hall–Kier alpha value is -1.80. The Morgan fingerprint density at radius 2 is 2.08 bits per heavy atom. The van der Waals surface area contributed by atoms with Crippen LogP contribution in [0.4, 0.5) is 5.69 Å². The Balaban J connectivity index is 2.42. The highest BCUT2D eigenvalue weighted by Crippen LogP contribution is 2.30. The summed E-state index contributed by atoms with van der Waals surface area (Å²) in [4.78, 5) is 7.09. The Bertz CT molecular complexity index is 762. The number of benzene rings is 1. The minimum Gasteiger partial charge on any atom is -0.496 e. The molecular weight excluding hydrogens is 354 g/mol. The van der Waals surface area contributed by atoms with Crippen LogP contribution < -0.4 is 10.5 Å². The summed E-state index contributed by atoms with van der Waals surface area (Å²) in [5.74, 6) is 0.768. The zero-order valence-corrected chi connectivity index (χ0v) is 16.8. The second-order valence-electron chi connectivity index (χ2n) is 6.27. The van der Waals surface area contributed by atoms with Gasteiger partial charge >= 0.3 is 0 Å². The van der Waals surface area contributed by atoms with Crippen LogP contribution in [-0.4, -0.2) is 64.9 Å². The lowest BCUT2D eigenvalue weighted by Crippen LogP contribution is -2.31. The number of hydrogen-bond donors (Lipinski definition) is 1. The number of nitrogens with two attached hydrogens (primary N) is 1. The first-order chi connectivity index (χ1) is 12.4. The number of sulfone groups is 1. The average molecular weight is 384 g/mol. The highest BCUT2D eigenvalue weighted by Gasteiger charge is 2.24. The highest BCUT2D eigenvalue weighted by atomic mass is 32.2. The lowest BCUT2D eigenvalue weighted by Gasteiger charge is -2.21. The lowest BCUT2D eigenvalue weighted by molar-refractivity contribution is 0.271. The fourth-order valence-corrected chi connectivity index (χ4v) is 4.33. The third kappa shape index (κ3) is 4.29. The standard InChI is InChI=1S/C18H29N3O4S/c1-5-21-9-7-8-13(21)12-20-18(25-4)14-10-17(26(22,23)6-2)15(19)11-16(14)24-3/h10-11,13H,5-9,12,19H2,1-4H3. The molecule has 26 heavy (non-hydrogen) atoms. The van der Waals surface area contributed by atoms with Crippen LogP contribution in [0, 0.1) is 0 Å². The molecule has 1 heterocycles. The predicted octanol–water partition coefficient (Wildman–Crippen LogP) is 1.95. The molecule has 1 saturated heterocycles. The number of rotatable bonds is 7. The van der Waals surface area contributed by atoms with Gasteiger partial charge in [-0.3, -0.25) is 4.90 Å². The number of aliphatic imine (C=N–C) groups is 1. The summed E-state index contributed by atoms with van der Waals surface area (Å²) in [7, 11) is -0.429. The molecule has 0 aliphatic carbocycles. The molecule has 0 aromatic heterocycles. The van der Waals surface area contributed by atoms with E-state index in [4.69, 9.17) is 15.2 Å². The van der Waals surface area contributed by atoms with Crippen molar-refractivity contribution in [1.29, 1.82) is 0 Å². The molecular formula is C18H29N3O4S. The summed E-state index contributed by atoms with van der Waals surface area (Å²) < 4.78 is 35.5. The van der Waals surface area contributed by atoms with Crippen molar-refractivity contribution in [1.82, 2.24) is 4.90 Å². The normalized spacial score (nSPS) is 18.9. The van der Waals surface area contributed by atoms with E-state index >= 15 is 0 Å². The van der Waals surface area contributed by atoms with Crippen molar-refractivity contribution in [2.75, 3.05) is 45.3 Å². The fourth-order valence-electron chi connectivity index (χ4n) is 3.30. The molecule has 1 aliphatic rings. The molecule has 0 radical (unpaired) electrons. The molecule has 1 aromatic carbocycles. The van der Waals surface area contributed by atoms with E-state index in [1.165, 1.54) is 32.8 Å². The maximum absolute atomic E-state index is 12.3. The van der Waals surface area contributed by atoms with Crippen LogP contribution in [-0.2, 0) is 14.6 Å². The monoisotopic (exact) mass is 383 g/mol. The van der Waals surface area contributed by atoms with Gasteiger partial charge in [0.15, 0.2) is 9.84 Å². The van der Waals surface area contributed by atoms with E-state index in [2.05, 4.69) is 16.8 Å². The van der Waals surface area contributed by atoms with Crippen LogP contribution in [0.3, 0.4) is 0 Å². The SMILES string of the molecule is CCN1CCCC1CN=C(OC)c1cc(S(=O)(=O)CC)c(N)cc1OC. The van der Waals surface area contributed by atoms with Gasteiger partial charge in [0, 0.05) is 12.1 Å². The largest absolute Gasteiger partial charge is 0.496 e. The Morgan fingerprint density at radius 1 is 1.35 bits per heavy atom. The smallest absolute Gasteiger partial charge is 0.219 e. The van der Waals surface area contributed by atoms with Gasteiger partial charge < -0.3 is 15.2 Å². The van der Waals surface area contributed by atoms with E-state index in [0.29, 0.717) is 29.8 Å². The third-order valence-corrected chi connectivity index (χ3v) is 6.61. The molecule has 2 N–H and O–H groups in total.